The molecular formula is C17H23N2O3+. The molecule has 3 N–H and O–H groups in total. The Morgan fingerprint density at radius 2 is 1.91 bits per heavy atom. The van der Waals surface area contributed by atoms with E-state index in [1.807, 2.05) is 24.4 Å². The number of ether oxygens (including phenoxy) is 2. The Bertz CT molecular complexity index is 638. The number of aromatic nitrogens is 1. The fourth-order valence-electron chi connectivity index (χ4n) is 3.73. The lowest BCUT2D eigenvalue weighted by Crippen LogP contribution is -3.14. The zero-order valence-electron chi connectivity index (χ0n) is 12.7. The van der Waals surface area contributed by atoms with Gasteiger partial charge in [-0.3, -0.25) is 0 Å². The molecule has 0 bridgehead atoms. The molecule has 22 heavy (non-hydrogen) atoms. The van der Waals surface area contributed by atoms with E-state index in [9.17, 15) is 5.11 Å². The summed E-state index contributed by atoms with van der Waals surface area (Å²) in [5, 5.41) is 11.7. The summed E-state index contributed by atoms with van der Waals surface area (Å²) < 4.78 is 11.5. The first-order chi connectivity index (χ1) is 10.8. The molecule has 0 radical (unpaired) electrons. The molecule has 1 aromatic heterocycles. The Kier molecular flexibility index (Phi) is 3.66. The fourth-order valence-corrected chi connectivity index (χ4v) is 3.73. The van der Waals surface area contributed by atoms with Gasteiger partial charge < -0.3 is 24.5 Å². The number of fused-ring (bicyclic) bond motifs is 1. The fraction of sp³-hybridized carbons (Fsp3) is 0.529. The highest BCUT2D eigenvalue weighted by Crippen LogP contribution is 2.28. The van der Waals surface area contributed by atoms with Crippen LogP contribution in [0, 0.1) is 0 Å². The van der Waals surface area contributed by atoms with Gasteiger partial charge in [-0.2, -0.15) is 0 Å². The molecule has 0 unspecified atom stereocenters. The highest BCUT2D eigenvalue weighted by atomic mass is 16.7. The van der Waals surface area contributed by atoms with Crippen molar-refractivity contribution in [3.63, 3.8) is 0 Å². The average molecular weight is 303 g/mol. The summed E-state index contributed by atoms with van der Waals surface area (Å²) in [5.41, 5.74) is 2.08. The number of aliphatic hydroxyl groups is 1. The van der Waals surface area contributed by atoms with Crippen LogP contribution in [0.4, 0.5) is 0 Å². The maximum absolute atomic E-state index is 10.6. The van der Waals surface area contributed by atoms with E-state index in [1.54, 1.807) is 0 Å². The van der Waals surface area contributed by atoms with E-state index in [1.165, 1.54) is 4.90 Å². The first kappa shape index (κ1) is 14.2. The minimum absolute atomic E-state index is 0.324. The molecule has 1 atom stereocenters. The van der Waals surface area contributed by atoms with Crippen molar-refractivity contribution in [2.75, 3.05) is 32.8 Å². The Morgan fingerprint density at radius 1 is 1.18 bits per heavy atom. The normalized spacial score (nSPS) is 23.3. The SMILES string of the molecule is O[C@H](C[NH+]1CCC2(CC1)OCCO2)c1c[nH]c2ccccc12. The summed E-state index contributed by atoms with van der Waals surface area (Å²) in [4.78, 5) is 4.66. The third-order valence-corrected chi connectivity index (χ3v) is 4.99. The second-order valence-electron chi connectivity index (χ2n) is 6.37. The molecule has 1 aromatic carbocycles. The quantitative estimate of drug-likeness (QED) is 0.779. The molecule has 0 aliphatic carbocycles. The lowest BCUT2D eigenvalue weighted by Gasteiger charge is -2.35. The van der Waals surface area contributed by atoms with Crippen LogP contribution in [0.5, 0.6) is 0 Å². The van der Waals surface area contributed by atoms with Crippen molar-refractivity contribution in [3.05, 3.63) is 36.0 Å². The summed E-state index contributed by atoms with van der Waals surface area (Å²) in [6, 6.07) is 8.12. The van der Waals surface area contributed by atoms with Crippen molar-refractivity contribution < 1.29 is 19.5 Å². The molecular weight excluding hydrogens is 280 g/mol. The standard InChI is InChI=1S/C17H22N2O3/c20-16(14-11-18-15-4-2-1-3-13(14)15)12-19-7-5-17(6-8-19)21-9-10-22-17/h1-4,11,16,18,20H,5-10,12H2/p+1/t16-/m1/s1. The van der Waals surface area contributed by atoms with Crippen LogP contribution in [0.15, 0.2) is 30.5 Å². The zero-order chi connectivity index (χ0) is 15.0. The van der Waals surface area contributed by atoms with Crippen molar-refractivity contribution in [1.29, 1.82) is 0 Å². The number of hydrogen-bond donors (Lipinski definition) is 3. The van der Waals surface area contributed by atoms with Crippen LogP contribution in [0.2, 0.25) is 0 Å². The Labute approximate surface area is 129 Å². The van der Waals surface area contributed by atoms with Gasteiger partial charge in [0.2, 0.25) is 0 Å². The van der Waals surface area contributed by atoms with E-state index in [4.69, 9.17) is 9.47 Å². The van der Waals surface area contributed by atoms with Gasteiger partial charge in [-0.25, -0.2) is 0 Å². The predicted molar refractivity (Wildman–Crippen MR) is 82.7 cm³/mol. The van der Waals surface area contributed by atoms with Crippen molar-refractivity contribution >= 4 is 10.9 Å². The monoisotopic (exact) mass is 303 g/mol. The number of hydrogen-bond acceptors (Lipinski definition) is 3. The molecule has 2 aliphatic rings. The molecule has 2 aliphatic heterocycles. The number of benzene rings is 1. The number of para-hydroxylation sites is 1. The maximum Gasteiger partial charge on any atom is 0.179 e. The van der Waals surface area contributed by atoms with Gasteiger partial charge in [-0.05, 0) is 6.07 Å². The summed E-state index contributed by atoms with van der Waals surface area (Å²) in [5.74, 6) is -0.324. The third-order valence-electron chi connectivity index (χ3n) is 4.99. The van der Waals surface area contributed by atoms with Crippen LogP contribution >= 0.6 is 0 Å². The van der Waals surface area contributed by atoms with Gasteiger partial charge >= 0.3 is 0 Å². The number of aliphatic hydroxyl groups excluding tert-OH is 1. The second-order valence-corrected chi connectivity index (χ2v) is 6.37. The molecule has 4 rings (SSSR count). The number of rotatable bonds is 3. The second kappa shape index (κ2) is 5.66. The maximum atomic E-state index is 10.6. The van der Waals surface area contributed by atoms with Crippen LogP contribution in [0.1, 0.15) is 24.5 Å². The lowest BCUT2D eigenvalue weighted by atomic mass is 10.0. The molecule has 0 saturated carbocycles. The van der Waals surface area contributed by atoms with Gasteiger partial charge in [0.15, 0.2) is 5.79 Å². The van der Waals surface area contributed by atoms with Crippen LogP contribution in [-0.4, -0.2) is 48.7 Å². The molecule has 2 saturated heterocycles. The number of likely N-dealkylation sites (tertiary alicyclic amines) is 1. The zero-order valence-corrected chi connectivity index (χ0v) is 12.7. The van der Waals surface area contributed by atoms with Gasteiger partial charge in [-0.1, -0.05) is 18.2 Å². The van der Waals surface area contributed by atoms with Gasteiger partial charge in [0.05, 0.1) is 39.1 Å². The van der Waals surface area contributed by atoms with E-state index in [0.29, 0.717) is 13.2 Å². The van der Waals surface area contributed by atoms with Crippen molar-refractivity contribution in [3.8, 4) is 0 Å². The average Bonchev–Trinajstić information content (AvgIpc) is 3.17. The van der Waals surface area contributed by atoms with E-state index in [-0.39, 0.29) is 5.79 Å². The van der Waals surface area contributed by atoms with Gasteiger partial charge in [0.1, 0.15) is 12.6 Å². The first-order valence-corrected chi connectivity index (χ1v) is 8.11. The highest BCUT2D eigenvalue weighted by Gasteiger charge is 2.42. The van der Waals surface area contributed by atoms with Crippen molar-refractivity contribution in [2.24, 2.45) is 0 Å². The Balaban J connectivity index is 1.41. The molecule has 5 nitrogen and oxygen atoms in total. The van der Waals surface area contributed by atoms with Crippen molar-refractivity contribution in [1.82, 2.24) is 4.98 Å². The van der Waals surface area contributed by atoms with Crippen LogP contribution in [-0.2, 0) is 9.47 Å². The van der Waals surface area contributed by atoms with Crippen LogP contribution in [0.25, 0.3) is 10.9 Å². The molecule has 2 fully saturated rings. The van der Waals surface area contributed by atoms with E-state index in [2.05, 4.69) is 11.1 Å². The van der Waals surface area contributed by atoms with Crippen LogP contribution in [0.3, 0.4) is 0 Å². The van der Waals surface area contributed by atoms with Gasteiger partial charge in [-0.15, -0.1) is 0 Å². The summed E-state index contributed by atoms with van der Waals surface area (Å²) in [6.07, 6.45) is 3.33. The van der Waals surface area contributed by atoms with E-state index < -0.39 is 6.10 Å². The summed E-state index contributed by atoms with van der Waals surface area (Å²) >= 11 is 0. The van der Waals surface area contributed by atoms with Gasteiger partial charge in [0.25, 0.3) is 0 Å². The molecule has 1 spiro atoms. The number of nitrogens with one attached hydrogen (secondary N) is 2. The summed E-state index contributed by atoms with van der Waals surface area (Å²) in [7, 11) is 0. The minimum Gasteiger partial charge on any atom is -0.382 e. The first-order valence-electron chi connectivity index (χ1n) is 8.11. The highest BCUT2D eigenvalue weighted by molar-refractivity contribution is 5.83. The van der Waals surface area contributed by atoms with E-state index >= 15 is 0 Å². The summed E-state index contributed by atoms with van der Waals surface area (Å²) in [6.45, 7) is 4.14. The largest absolute Gasteiger partial charge is 0.382 e. The third kappa shape index (κ3) is 2.54. The minimum atomic E-state index is -0.439. The topological polar surface area (TPSA) is 58.9 Å². The molecule has 0 amide bonds. The van der Waals surface area contributed by atoms with Crippen LogP contribution < -0.4 is 4.90 Å². The number of H-pyrrole nitrogens is 1. The lowest BCUT2D eigenvalue weighted by molar-refractivity contribution is -0.912. The molecule has 118 valence electrons. The number of piperidine rings is 1. The smallest absolute Gasteiger partial charge is 0.179 e. The molecule has 2 aromatic rings. The molecule has 3 heterocycles. The van der Waals surface area contributed by atoms with Gasteiger partial charge in [0, 0.05) is 22.7 Å². The van der Waals surface area contributed by atoms with Crippen molar-refractivity contribution in [2.45, 2.75) is 24.7 Å². The predicted octanol–water partition coefficient (Wildman–Crippen LogP) is 0.623. The Hall–Kier alpha value is -1.40. The van der Waals surface area contributed by atoms with E-state index in [0.717, 1.165) is 48.9 Å². The number of quaternary nitrogens is 1. The molecule has 5 heteroatoms. The Morgan fingerprint density at radius 3 is 2.68 bits per heavy atom. The number of aromatic amines is 1.